The number of amides is 4. The van der Waals surface area contributed by atoms with Crippen LogP contribution in [0.5, 0.6) is 11.5 Å². The minimum Gasteiger partial charge on any atom is -0.486 e. The highest BCUT2D eigenvalue weighted by Gasteiger charge is 2.90. The van der Waals surface area contributed by atoms with Crippen LogP contribution in [0.3, 0.4) is 0 Å². The van der Waals surface area contributed by atoms with Gasteiger partial charge in [-0.1, -0.05) is 41.7 Å². The fourth-order valence-electron chi connectivity index (χ4n) is 6.35. The summed E-state index contributed by atoms with van der Waals surface area (Å²) in [6.45, 7) is 0.759. The van der Waals surface area contributed by atoms with Gasteiger partial charge in [-0.3, -0.25) is 5.32 Å². The molecule has 12 heteroatoms. The van der Waals surface area contributed by atoms with E-state index in [0.717, 1.165) is 16.9 Å². The van der Waals surface area contributed by atoms with Gasteiger partial charge < -0.3 is 14.2 Å². The second-order valence-electron chi connectivity index (χ2n) is 10.2. The van der Waals surface area contributed by atoms with Gasteiger partial charge in [0.1, 0.15) is 13.2 Å². The molecular weight excluding hydrogens is 524 g/mol. The second kappa shape index (κ2) is 7.94. The van der Waals surface area contributed by atoms with Gasteiger partial charge in [-0.05, 0) is 6.07 Å². The van der Waals surface area contributed by atoms with E-state index in [1.807, 2.05) is 24.3 Å². The molecule has 5 heterocycles. The monoisotopic (exact) mass is 548 g/mol. The first kappa shape index (κ1) is 23.9. The van der Waals surface area contributed by atoms with Crippen molar-refractivity contribution in [2.75, 3.05) is 33.9 Å². The number of rotatable bonds is 3. The molecule has 2 aromatic carbocycles. The number of nitrogens with zero attached hydrogens (tertiary/aromatic N) is 3. The number of imide groups is 1. The summed E-state index contributed by atoms with van der Waals surface area (Å²) in [7, 11) is 2.96. The number of nitrogens with one attached hydrogen (secondary N) is 1. The van der Waals surface area contributed by atoms with E-state index >= 15 is 0 Å². The van der Waals surface area contributed by atoms with Crippen molar-refractivity contribution < 1.29 is 37.9 Å². The van der Waals surface area contributed by atoms with Crippen LogP contribution in [0, 0.1) is 0 Å². The summed E-state index contributed by atoms with van der Waals surface area (Å²) >= 11 is 1.16. The molecule has 7 rings (SSSR count). The van der Waals surface area contributed by atoms with E-state index in [4.69, 9.17) is 14.2 Å². The summed E-state index contributed by atoms with van der Waals surface area (Å²) in [4.78, 5) is 59.0. The van der Waals surface area contributed by atoms with Crippen LogP contribution in [0.15, 0.2) is 47.8 Å². The zero-order valence-electron chi connectivity index (χ0n) is 21.1. The molecule has 4 aliphatic heterocycles. The van der Waals surface area contributed by atoms with Crippen LogP contribution >= 0.6 is 11.3 Å². The third-order valence-electron chi connectivity index (χ3n) is 8.30. The number of esters is 1. The smallest absolute Gasteiger partial charge is 0.426 e. The summed E-state index contributed by atoms with van der Waals surface area (Å²) in [5.74, 6) is -0.405. The van der Waals surface area contributed by atoms with Crippen LogP contribution < -0.4 is 19.3 Å². The minimum atomic E-state index is -1.32. The van der Waals surface area contributed by atoms with Gasteiger partial charge in [0.25, 0.3) is 10.7 Å². The van der Waals surface area contributed by atoms with E-state index < -0.39 is 34.0 Å². The van der Waals surface area contributed by atoms with Gasteiger partial charge >= 0.3 is 23.8 Å². The average molecular weight is 549 g/mol. The Morgan fingerprint density at radius 1 is 1.13 bits per heavy atom. The molecule has 1 N–H and O–H groups in total. The number of carbonyl (C=O) groups excluding carboxylic acids is 4. The first-order valence-corrected chi connectivity index (χ1v) is 13.3. The lowest BCUT2D eigenvalue weighted by atomic mass is 9.89. The van der Waals surface area contributed by atoms with E-state index in [2.05, 4.69) is 10.3 Å². The fourth-order valence-corrected chi connectivity index (χ4v) is 7.26. The van der Waals surface area contributed by atoms with Crippen LogP contribution in [-0.2, 0) is 20.7 Å². The number of thiazole rings is 1. The van der Waals surface area contributed by atoms with Gasteiger partial charge in [0.2, 0.25) is 0 Å². The number of carbonyl (C=O) groups is 4. The van der Waals surface area contributed by atoms with Crippen molar-refractivity contribution in [3.63, 3.8) is 0 Å². The Labute approximate surface area is 226 Å². The van der Waals surface area contributed by atoms with E-state index in [-0.39, 0.29) is 29.0 Å². The molecule has 3 aromatic rings. The van der Waals surface area contributed by atoms with Crippen LogP contribution in [0.4, 0.5) is 15.6 Å². The van der Waals surface area contributed by atoms with Crippen molar-refractivity contribution >= 4 is 46.0 Å². The third-order valence-corrected chi connectivity index (χ3v) is 9.31. The van der Waals surface area contributed by atoms with Crippen LogP contribution in [0.25, 0.3) is 0 Å². The van der Waals surface area contributed by atoms with Crippen molar-refractivity contribution in [3.8, 4) is 11.5 Å². The maximum absolute atomic E-state index is 14.6. The number of likely N-dealkylation sites (N-methyl/N-ethyl adjacent to an activating group) is 1. The molecule has 39 heavy (non-hydrogen) atoms. The van der Waals surface area contributed by atoms with E-state index in [9.17, 15) is 19.2 Å². The summed E-state index contributed by atoms with van der Waals surface area (Å²) in [5, 5.41) is 4.74. The molecule has 4 atom stereocenters. The van der Waals surface area contributed by atoms with E-state index in [1.54, 1.807) is 30.6 Å². The number of quaternary nitrogens is 2. The number of aromatic nitrogens is 1. The highest BCUT2D eigenvalue weighted by molar-refractivity contribution is 7.14. The molecule has 4 aliphatic rings. The summed E-state index contributed by atoms with van der Waals surface area (Å²) in [6.07, 6.45) is 0.226. The first-order chi connectivity index (χ1) is 18.8. The zero-order chi connectivity index (χ0) is 27.2. The summed E-state index contributed by atoms with van der Waals surface area (Å²) in [5.41, 5.74) is 0.804. The molecule has 1 aromatic heterocycles. The third kappa shape index (κ3) is 2.90. The summed E-state index contributed by atoms with van der Waals surface area (Å²) in [6, 6.07) is 11.2. The van der Waals surface area contributed by atoms with Crippen LogP contribution in [0.1, 0.15) is 27.7 Å². The van der Waals surface area contributed by atoms with Gasteiger partial charge in [-0.25, -0.2) is 19.2 Å². The van der Waals surface area contributed by atoms with Crippen molar-refractivity contribution in [2.45, 2.75) is 18.0 Å². The molecule has 0 saturated carbocycles. The van der Waals surface area contributed by atoms with Gasteiger partial charge in [-0.15, -0.1) is 4.48 Å². The number of hydrogen-bond acceptors (Lipinski definition) is 9. The van der Waals surface area contributed by atoms with Crippen LogP contribution in [0.2, 0.25) is 0 Å². The lowest BCUT2D eigenvalue weighted by molar-refractivity contribution is -0.650. The largest absolute Gasteiger partial charge is 0.486 e. The van der Waals surface area contributed by atoms with Gasteiger partial charge in [0.15, 0.2) is 35.5 Å². The first-order valence-electron chi connectivity index (χ1n) is 12.4. The highest BCUT2D eigenvalue weighted by Crippen LogP contribution is 2.59. The summed E-state index contributed by atoms with van der Waals surface area (Å²) < 4.78 is 15.3. The van der Waals surface area contributed by atoms with E-state index in [0.29, 0.717) is 41.1 Å². The van der Waals surface area contributed by atoms with Crippen LogP contribution in [-0.4, -0.2) is 72.7 Å². The number of methoxy groups -OCH3 is 1. The topological polar surface area (TPSA) is 121 Å². The Bertz CT molecular complexity index is 1620. The Kier molecular flexibility index (Phi) is 4.88. The zero-order valence-corrected chi connectivity index (χ0v) is 21.9. The maximum atomic E-state index is 14.6. The molecule has 2 fully saturated rings. The Balaban J connectivity index is 1.33. The number of para-hydroxylation sites is 2. The highest BCUT2D eigenvalue weighted by atomic mass is 32.1. The number of urea groups is 1. The molecule has 2 saturated heterocycles. The predicted molar refractivity (Wildman–Crippen MR) is 138 cm³/mol. The Hall–Kier alpha value is -4.13. The standard InChI is InChI=1S/C27H23N4O7S/c1-30(26-28-17(13-39-26)23(33)36-2)18-8-4-3-6-15(18)12-27(24(30)34)14-31(27)22(32)20(29-25(31)35)16-7-5-9-19-21(16)38-11-10-37-19/h3-9,13,20H,10-12,14H2,1-2H3/q+1/p+1/t20?,27-,30?,31?/m0/s1. The van der Waals surface area contributed by atoms with E-state index in [1.165, 1.54) is 7.11 Å². The second-order valence-corrected chi connectivity index (χ2v) is 11.1. The lowest BCUT2D eigenvalue weighted by Crippen LogP contribution is -2.62. The average Bonchev–Trinajstić information content (AvgIpc) is 3.23. The Morgan fingerprint density at radius 3 is 2.74 bits per heavy atom. The molecule has 4 amide bonds. The lowest BCUT2D eigenvalue weighted by Gasteiger charge is -2.35. The van der Waals surface area contributed by atoms with Gasteiger partial charge in [0.05, 0.1) is 20.6 Å². The molecular formula is C27H24N4O7S+2. The van der Waals surface area contributed by atoms with Crippen molar-refractivity contribution in [3.05, 3.63) is 64.7 Å². The quantitative estimate of drug-likeness (QED) is 0.230. The molecule has 0 aliphatic carbocycles. The minimum absolute atomic E-state index is 0.0385. The van der Waals surface area contributed by atoms with Gasteiger partial charge in [-0.2, -0.15) is 9.47 Å². The molecule has 198 valence electrons. The Morgan fingerprint density at radius 2 is 1.92 bits per heavy atom. The molecule has 3 unspecified atom stereocenters. The normalized spacial score (nSPS) is 30.3. The molecule has 0 bridgehead atoms. The molecule has 0 radical (unpaired) electrons. The number of benzene rings is 2. The molecule has 2 spiro atoms. The maximum Gasteiger partial charge on any atom is 0.426 e. The number of hydrogen-bond donors (Lipinski definition) is 1. The van der Waals surface area contributed by atoms with Gasteiger partial charge in [0, 0.05) is 22.6 Å². The molecule has 11 nitrogen and oxygen atoms in total. The predicted octanol–water partition coefficient (Wildman–Crippen LogP) is 2.61. The SMILES string of the molecule is COC(=O)c1csc([N+]2(C)C(=O)[C@]3(Cc4ccccc42)C[N+]32C(=O)NC(c3cccc4c3OCCO4)C2=O)n1. The number of fused-ring (bicyclic) bond motifs is 3. The van der Waals surface area contributed by atoms with Crippen molar-refractivity contribution in [2.24, 2.45) is 0 Å². The number of ether oxygens (including phenoxy) is 3. The van der Waals surface area contributed by atoms with Crippen molar-refractivity contribution in [1.82, 2.24) is 14.8 Å². The van der Waals surface area contributed by atoms with Crippen molar-refractivity contribution in [1.29, 1.82) is 0 Å². The fraction of sp³-hybridized carbons (Fsp3) is 0.296.